The molecule has 0 spiro atoms. The van der Waals surface area contributed by atoms with Crippen LogP contribution >= 0.6 is 0 Å². The molecule has 0 bridgehead atoms. The maximum atomic E-state index is 14.8. The molecule has 1 aliphatic heterocycles. The fourth-order valence-electron chi connectivity index (χ4n) is 3.89. The number of aromatic nitrogens is 3. The van der Waals surface area contributed by atoms with Crippen LogP contribution in [0.5, 0.6) is 0 Å². The van der Waals surface area contributed by atoms with Gasteiger partial charge in [0.25, 0.3) is 0 Å². The van der Waals surface area contributed by atoms with Gasteiger partial charge in [0, 0.05) is 31.5 Å². The van der Waals surface area contributed by atoms with E-state index >= 15 is 0 Å². The molecule has 0 saturated carbocycles. The molecule has 1 saturated heterocycles. The Morgan fingerprint density at radius 2 is 1.97 bits per heavy atom. The normalized spacial score (nSPS) is 18.4. The molecule has 0 radical (unpaired) electrons. The second-order valence-electron chi connectivity index (χ2n) is 7.79. The van der Waals surface area contributed by atoms with Gasteiger partial charge in [-0.05, 0) is 43.4 Å². The number of piperidine rings is 1. The van der Waals surface area contributed by atoms with E-state index in [2.05, 4.69) is 9.97 Å². The van der Waals surface area contributed by atoms with Crippen LogP contribution in [0.4, 0.5) is 17.6 Å². The van der Waals surface area contributed by atoms with Crippen molar-refractivity contribution in [2.45, 2.75) is 30.8 Å². The smallest absolute Gasteiger partial charge is 0.396 e. The Labute approximate surface area is 181 Å². The molecule has 1 atom stereocenters. The first-order valence-corrected chi connectivity index (χ1v) is 11.3. The maximum Gasteiger partial charge on any atom is 0.434 e. The van der Waals surface area contributed by atoms with E-state index in [0.29, 0.717) is 18.4 Å². The highest BCUT2D eigenvalue weighted by Gasteiger charge is 2.34. The van der Waals surface area contributed by atoms with Gasteiger partial charge in [-0.2, -0.15) is 17.5 Å². The molecule has 32 heavy (non-hydrogen) atoms. The van der Waals surface area contributed by atoms with Crippen molar-refractivity contribution in [2.75, 3.05) is 19.7 Å². The van der Waals surface area contributed by atoms with Crippen molar-refractivity contribution in [3.05, 3.63) is 47.8 Å². The summed E-state index contributed by atoms with van der Waals surface area (Å²) in [6.45, 7) is 1.61. The number of rotatable bonds is 4. The first kappa shape index (κ1) is 22.6. The van der Waals surface area contributed by atoms with Crippen molar-refractivity contribution in [3.8, 4) is 11.3 Å². The lowest BCUT2D eigenvalue weighted by Gasteiger charge is -2.31. The molecule has 1 aromatic carbocycles. The van der Waals surface area contributed by atoms with Crippen LogP contribution < -0.4 is 0 Å². The van der Waals surface area contributed by atoms with Gasteiger partial charge in [-0.1, -0.05) is 0 Å². The minimum Gasteiger partial charge on any atom is -0.396 e. The molecule has 1 unspecified atom stereocenters. The van der Waals surface area contributed by atoms with Gasteiger partial charge in [-0.25, -0.2) is 22.8 Å². The van der Waals surface area contributed by atoms with Crippen LogP contribution in [0, 0.1) is 18.7 Å². The molecule has 0 aliphatic carbocycles. The average Bonchev–Trinajstić information content (AvgIpc) is 3.16. The summed E-state index contributed by atoms with van der Waals surface area (Å²) in [4.78, 5) is 6.83. The number of halogens is 4. The molecule has 3 aromatic rings. The Hall–Kier alpha value is -2.57. The molecule has 7 nitrogen and oxygen atoms in total. The van der Waals surface area contributed by atoms with Gasteiger partial charge >= 0.3 is 6.18 Å². The Morgan fingerprint density at radius 1 is 1.22 bits per heavy atom. The molecule has 1 N–H and O–H groups in total. The number of aliphatic hydroxyl groups excluding tert-OH is 1. The molecule has 172 valence electrons. The molecule has 12 heteroatoms. The second-order valence-corrected chi connectivity index (χ2v) is 9.70. The minimum atomic E-state index is -4.68. The van der Waals surface area contributed by atoms with Crippen LogP contribution in [0.1, 0.15) is 24.1 Å². The van der Waals surface area contributed by atoms with E-state index in [4.69, 9.17) is 0 Å². The summed E-state index contributed by atoms with van der Waals surface area (Å²) < 4.78 is 82.8. The Kier molecular flexibility index (Phi) is 5.72. The van der Waals surface area contributed by atoms with Crippen LogP contribution in [0.2, 0.25) is 0 Å². The fourth-order valence-corrected chi connectivity index (χ4v) is 5.52. The number of hydrogen-bond donors (Lipinski definition) is 1. The monoisotopic (exact) mass is 472 g/mol. The number of alkyl halides is 3. The third-order valence-electron chi connectivity index (χ3n) is 5.60. The third kappa shape index (κ3) is 3.97. The first-order valence-electron chi connectivity index (χ1n) is 9.84. The molecular formula is C20H20F4N4O3S. The quantitative estimate of drug-likeness (QED) is 0.589. The van der Waals surface area contributed by atoms with Crippen LogP contribution in [-0.4, -0.2) is 51.9 Å². The van der Waals surface area contributed by atoms with Crippen molar-refractivity contribution in [1.29, 1.82) is 0 Å². The summed E-state index contributed by atoms with van der Waals surface area (Å²) in [5, 5.41) is 9.39. The number of imidazole rings is 1. The summed E-state index contributed by atoms with van der Waals surface area (Å²) in [5.74, 6) is -1.19. The first-order chi connectivity index (χ1) is 15.0. The van der Waals surface area contributed by atoms with E-state index in [1.54, 1.807) is 0 Å². The number of benzene rings is 1. The van der Waals surface area contributed by atoms with Crippen LogP contribution in [-0.2, 0) is 16.2 Å². The summed E-state index contributed by atoms with van der Waals surface area (Å²) in [5.41, 5.74) is -0.273. The number of aliphatic hydroxyl groups is 1. The molecule has 4 rings (SSSR count). The van der Waals surface area contributed by atoms with Gasteiger partial charge in [0.1, 0.15) is 10.7 Å². The van der Waals surface area contributed by atoms with E-state index < -0.39 is 32.6 Å². The van der Waals surface area contributed by atoms with Crippen molar-refractivity contribution in [3.63, 3.8) is 0 Å². The molecule has 3 heterocycles. The van der Waals surface area contributed by atoms with E-state index in [9.17, 15) is 31.1 Å². The Bertz CT molecular complexity index is 1270. The minimum absolute atomic E-state index is 0.0672. The second kappa shape index (κ2) is 8.09. The number of nitrogens with zero attached hydrogens (tertiary/aromatic N) is 4. The van der Waals surface area contributed by atoms with Crippen molar-refractivity contribution < 1.29 is 31.1 Å². The third-order valence-corrected chi connectivity index (χ3v) is 7.48. The largest absolute Gasteiger partial charge is 0.434 e. The SMILES string of the molecule is Cc1cc(F)c(S(=O)(=O)N2CCCC(CO)C2)cc1-c1cnc2cnc(C(F)(F)F)cn12. The predicted molar refractivity (Wildman–Crippen MR) is 107 cm³/mol. The van der Waals surface area contributed by atoms with Crippen molar-refractivity contribution in [2.24, 2.45) is 5.92 Å². The maximum absolute atomic E-state index is 14.8. The lowest BCUT2D eigenvalue weighted by molar-refractivity contribution is -0.141. The zero-order valence-electron chi connectivity index (χ0n) is 17.0. The summed E-state index contributed by atoms with van der Waals surface area (Å²) in [7, 11) is -4.23. The zero-order chi connectivity index (χ0) is 23.3. The van der Waals surface area contributed by atoms with Gasteiger partial charge in [0.15, 0.2) is 11.3 Å². The van der Waals surface area contributed by atoms with Gasteiger partial charge in [-0.3, -0.25) is 4.40 Å². The lowest BCUT2D eigenvalue weighted by atomic mass is 10.0. The summed E-state index contributed by atoms with van der Waals surface area (Å²) >= 11 is 0. The topological polar surface area (TPSA) is 87.8 Å². The van der Waals surface area contributed by atoms with E-state index in [0.717, 1.165) is 33.2 Å². The van der Waals surface area contributed by atoms with Crippen molar-refractivity contribution in [1.82, 2.24) is 18.7 Å². The van der Waals surface area contributed by atoms with Gasteiger partial charge in [0.2, 0.25) is 10.0 Å². The van der Waals surface area contributed by atoms with Gasteiger partial charge in [-0.15, -0.1) is 0 Å². The van der Waals surface area contributed by atoms with Gasteiger partial charge < -0.3 is 5.11 Å². The highest BCUT2D eigenvalue weighted by molar-refractivity contribution is 7.89. The molecular weight excluding hydrogens is 452 g/mol. The highest BCUT2D eigenvalue weighted by atomic mass is 32.2. The van der Waals surface area contributed by atoms with Crippen LogP contribution in [0.25, 0.3) is 16.9 Å². The summed E-state index contributed by atoms with van der Waals surface area (Å²) in [6, 6.07) is 2.17. The number of hydrogen-bond acceptors (Lipinski definition) is 5. The summed E-state index contributed by atoms with van der Waals surface area (Å²) in [6.07, 6.45) is -0.459. The molecule has 2 aromatic heterocycles. The number of aryl methyl sites for hydroxylation is 1. The van der Waals surface area contributed by atoms with E-state index in [1.165, 1.54) is 13.1 Å². The number of fused-ring (bicyclic) bond motifs is 1. The van der Waals surface area contributed by atoms with E-state index in [-0.39, 0.29) is 42.5 Å². The molecule has 1 aliphatic rings. The zero-order valence-corrected chi connectivity index (χ0v) is 17.8. The fraction of sp³-hybridized carbons (Fsp3) is 0.400. The molecule has 0 amide bonds. The Morgan fingerprint density at radius 3 is 2.66 bits per heavy atom. The lowest BCUT2D eigenvalue weighted by Crippen LogP contribution is -2.41. The Balaban J connectivity index is 1.83. The van der Waals surface area contributed by atoms with Crippen LogP contribution in [0.3, 0.4) is 0 Å². The predicted octanol–water partition coefficient (Wildman–Crippen LogP) is 3.26. The highest BCUT2D eigenvalue weighted by Crippen LogP contribution is 2.33. The molecule has 1 fully saturated rings. The van der Waals surface area contributed by atoms with E-state index in [1.807, 2.05) is 0 Å². The van der Waals surface area contributed by atoms with Crippen molar-refractivity contribution >= 4 is 15.7 Å². The van der Waals surface area contributed by atoms with Gasteiger partial charge in [0.05, 0.1) is 18.1 Å². The number of sulfonamides is 1. The van der Waals surface area contributed by atoms with Crippen LogP contribution in [0.15, 0.2) is 35.6 Å². The standard InChI is InChI=1S/C20H20F4N4O3S/c1-12-5-15(21)17(32(30,31)27-4-2-3-13(9-27)11-29)6-14(12)16-7-26-19-8-25-18(10-28(16)19)20(22,23)24/h5-8,10,13,29H,2-4,9,11H2,1H3. The average molecular weight is 472 g/mol.